The van der Waals surface area contributed by atoms with Gasteiger partial charge in [0.1, 0.15) is 11.1 Å². The number of aliphatic hydroxyl groups excluding tert-OH is 1. The second kappa shape index (κ2) is 11.8. The summed E-state index contributed by atoms with van der Waals surface area (Å²) in [5.41, 5.74) is -1.16. The Kier molecular flexibility index (Phi) is 9.09. The molecule has 1 aromatic rings. The van der Waals surface area contributed by atoms with Crippen LogP contribution in [0.5, 0.6) is 0 Å². The van der Waals surface area contributed by atoms with E-state index in [1.54, 1.807) is 10.8 Å². The molecule has 1 aromatic heterocycles. The van der Waals surface area contributed by atoms with Gasteiger partial charge in [-0.15, -0.1) is 0 Å². The van der Waals surface area contributed by atoms with Crippen molar-refractivity contribution in [2.45, 2.75) is 90.3 Å². The highest BCUT2D eigenvalue weighted by Gasteiger charge is 2.25. The molecule has 8 nitrogen and oxygen atoms in total. The SMILES string of the molecule is CC(C)(CO)CNC(=O)c1cn(CC2CCCO2)cc(C(=O)NC2CCCCCCC2)c1=O. The van der Waals surface area contributed by atoms with Gasteiger partial charge in [0.2, 0.25) is 5.43 Å². The average molecular weight is 462 g/mol. The largest absolute Gasteiger partial charge is 0.396 e. The second-order valence-corrected chi connectivity index (χ2v) is 10.3. The van der Waals surface area contributed by atoms with E-state index >= 15 is 0 Å². The highest BCUT2D eigenvalue weighted by Crippen LogP contribution is 2.18. The van der Waals surface area contributed by atoms with Crippen LogP contribution in [0.1, 0.15) is 92.4 Å². The molecule has 0 aromatic carbocycles. The number of pyridine rings is 1. The average Bonchev–Trinajstić information content (AvgIpc) is 3.28. The van der Waals surface area contributed by atoms with Gasteiger partial charge in [0.25, 0.3) is 11.8 Å². The molecule has 0 bridgehead atoms. The standard InChI is InChI=1S/C25H39N3O5/c1-25(2,17-29)16-26-23(31)20-14-28(13-19-11-8-12-33-19)15-21(22(20)30)24(32)27-18-9-6-4-3-5-7-10-18/h14-15,18-19,29H,3-13,16-17H2,1-2H3,(H,26,31)(H,27,32). The lowest BCUT2D eigenvalue weighted by Crippen LogP contribution is -2.41. The molecule has 184 valence electrons. The Morgan fingerprint density at radius 3 is 2.27 bits per heavy atom. The van der Waals surface area contributed by atoms with Crippen LogP contribution in [0.2, 0.25) is 0 Å². The zero-order valence-corrected chi connectivity index (χ0v) is 20.0. The van der Waals surface area contributed by atoms with Crippen molar-refractivity contribution in [1.82, 2.24) is 15.2 Å². The number of nitrogens with one attached hydrogen (secondary N) is 2. The lowest BCUT2D eigenvalue weighted by atomic mass is 9.95. The van der Waals surface area contributed by atoms with E-state index in [-0.39, 0.29) is 36.4 Å². The van der Waals surface area contributed by atoms with Crippen molar-refractivity contribution in [3.8, 4) is 0 Å². The van der Waals surface area contributed by atoms with Gasteiger partial charge in [0.15, 0.2) is 0 Å². The van der Waals surface area contributed by atoms with Crippen LogP contribution >= 0.6 is 0 Å². The first-order valence-electron chi connectivity index (χ1n) is 12.3. The van der Waals surface area contributed by atoms with E-state index in [9.17, 15) is 19.5 Å². The van der Waals surface area contributed by atoms with Gasteiger partial charge in [0.05, 0.1) is 6.10 Å². The molecular formula is C25H39N3O5. The van der Waals surface area contributed by atoms with E-state index in [0.29, 0.717) is 13.2 Å². The molecule has 1 saturated heterocycles. The van der Waals surface area contributed by atoms with Crippen LogP contribution in [0.4, 0.5) is 0 Å². The van der Waals surface area contributed by atoms with Gasteiger partial charge in [-0.1, -0.05) is 46.0 Å². The molecule has 1 saturated carbocycles. The molecule has 0 spiro atoms. The Morgan fingerprint density at radius 1 is 1.03 bits per heavy atom. The summed E-state index contributed by atoms with van der Waals surface area (Å²) in [6.45, 7) is 4.94. The summed E-state index contributed by atoms with van der Waals surface area (Å²) in [5.74, 6) is -0.958. The molecule has 3 rings (SSSR count). The number of hydrogen-bond acceptors (Lipinski definition) is 5. The maximum Gasteiger partial charge on any atom is 0.256 e. The van der Waals surface area contributed by atoms with E-state index in [4.69, 9.17) is 4.74 Å². The van der Waals surface area contributed by atoms with Crippen molar-refractivity contribution in [2.75, 3.05) is 19.8 Å². The van der Waals surface area contributed by atoms with Gasteiger partial charge in [-0.25, -0.2) is 0 Å². The van der Waals surface area contributed by atoms with Crippen molar-refractivity contribution >= 4 is 11.8 Å². The maximum absolute atomic E-state index is 13.2. The first-order chi connectivity index (χ1) is 15.8. The van der Waals surface area contributed by atoms with Gasteiger partial charge >= 0.3 is 0 Å². The molecule has 3 N–H and O–H groups in total. The second-order valence-electron chi connectivity index (χ2n) is 10.3. The fraction of sp³-hybridized carbons (Fsp3) is 0.720. The molecule has 1 unspecified atom stereocenters. The third-order valence-corrected chi connectivity index (χ3v) is 6.60. The Balaban J connectivity index is 1.83. The molecule has 2 heterocycles. The topological polar surface area (TPSA) is 110 Å². The molecule has 33 heavy (non-hydrogen) atoms. The minimum atomic E-state index is -0.568. The number of nitrogens with zero attached hydrogens (tertiary/aromatic N) is 1. The summed E-state index contributed by atoms with van der Waals surface area (Å²) < 4.78 is 7.45. The summed E-state index contributed by atoms with van der Waals surface area (Å²) in [6, 6.07) is 0.0478. The summed E-state index contributed by atoms with van der Waals surface area (Å²) in [7, 11) is 0. The van der Waals surface area contributed by atoms with Gasteiger partial charge in [-0.05, 0) is 25.7 Å². The van der Waals surface area contributed by atoms with Crippen LogP contribution in [-0.4, -0.2) is 53.4 Å². The zero-order valence-electron chi connectivity index (χ0n) is 20.0. The Hall–Kier alpha value is -2.19. The fourth-order valence-corrected chi connectivity index (χ4v) is 4.42. The van der Waals surface area contributed by atoms with E-state index in [1.807, 2.05) is 13.8 Å². The van der Waals surface area contributed by atoms with Crippen molar-refractivity contribution in [3.05, 3.63) is 33.7 Å². The van der Waals surface area contributed by atoms with Crippen LogP contribution in [0.3, 0.4) is 0 Å². The van der Waals surface area contributed by atoms with Gasteiger partial charge < -0.3 is 25.0 Å². The molecule has 2 aliphatic rings. The minimum Gasteiger partial charge on any atom is -0.396 e. The third-order valence-electron chi connectivity index (χ3n) is 6.60. The normalized spacial score (nSPS) is 20.2. The number of aliphatic hydroxyl groups is 1. The molecular weight excluding hydrogens is 422 g/mol. The first-order valence-corrected chi connectivity index (χ1v) is 12.3. The van der Waals surface area contributed by atoms with Crippen molar-refractivity contribution < 1.29 is 19.4 Å². The van der Waals surface area contributed by atoms with Crippen LogP contribution < -0.4 is 16.1 Å². The van der Waals surface area contributed by atoms with Crippen LogP contribution in [-0.2, 0) is 11.3 Å². The molecule has 1 aliphatic carbocycles. The number of hydrogen-bond donors (Lipinski definition) is 3. The molecule has 2 fully saturated rings. The molecule has 1 atom stereocenters. The zero-order chi connectivity index (χ0) is 23.8. The van der Waals surface area contributed by atoms with Crippen LogP contribution in [0, 0.1) is 5.41 Å². The third kappa shape index (κ3) is 7.40. The minimum absolute atomic E-state index is 0.00162. The Bertz CT molecular complexity index is 865. The predicted octanol–water partition coefficient (Wildman–Crippen LogP) is 2.62. The van der Waals surface area contributed by atoms with Crippen LogP contribution in [0.25, 0.3) is 0 Å². The van der Waals surface area contributed by atoms with Gasteiger partial charge in [0, 0.05) is 50.2 Å². The summed E-state index contributed by atoms with van der Waals surface area (Å²) in [4.78, 5) is 39.2. The lowest BCUT2D eigenvalue weighted by molar-refractivity contribution is 0.0898. The quantitative estimate of drug-likeness (QED) is 0.551. The van der Waals surface area contributed by atoms with Crippen molar-refractivity contribution in [2.24, 2.45) is 5.41 Å². The molecule has 8 heteroatoms. The number of rotatable bonds is 8. The Morgan fingerprint density at radius 2 is 1.67 bits per heavy atom. The molecule has 2 amide bonds. The monoisotopic (exact) mass is 461 g/mol. The van der Waals surface area contributed by atoms with E-state index in [2.05, 4.69) is 10.6 Å². The van der Waals surface area contributed by atoms with Gasteiger partial charge in [-0.3, -0.25) is 14.4 Å². The number of ether oxygens (including phenoxy) is 1. The van der Waals surface area contributed by atoms with Crippen molar-refractivity contribution in [1.29, 1.82) is 0 Å². The lowest BCUT2D eigenvalue weighted by Gasteiger charge is -2.23. The number of carbonyl (C=O) groups is 2. The van der Waals surface area contributed by atoms with E-state index in [0.717, 1.165) is 38.5 Å². The van der Waals surface area contributed by atoms with E-state index in [1.165, 1.54) is 25.5 Å². The molecule has 1 aliphatic heterocycles. The highest BCUT2D eigenvalue weighted by molar-refractivity contribution is 5.99. The summed E-state index contributed by atoms with van der Waals surface area (Å²) >= 11 is 0. The summed E-state index contributed by atoms with van der Waals surface area (Å²) in [5, 5.41) is 15.2. The highest BCUT2D eigenvalue weighted by atomic mass is 16.5. The van der Waals surface area contributed by atoms with E-state index < -0.39 is 22.7 Å². The smallest absolute Gasteiger partial charge is 0.256 e. The molecule has 0 radical (unpaired) electrons. The predicted molar refractivity (Wildman–Crippen MR) is 126 cm³/mol. The number of carbonyl (C=O) groups excluding carboxylic acids is 2. The number of aromatic nitrogens is 1. The Labute approximate surface area is 196 Å². The van der Waals surface area contributed by atoms with Crippen LogP contribution in [0.15, 0.2) is 17.2 Å². The maximum atomic E-state index is 13.2. The van der Waals surface area contributed by atoms with Gasteiger partial charge in [-0.2, -0.15) is 0 Å². The van der Waals surface area contributed by atoms with Crippen molar-refractivity contribution in [3.63, 3.8) is 0 Å². The summed E-state index contributed by atoms with van der Waals surface area (Å²) in [6.07, 6.45) is 12.5. The number of amides is 2. The fourth-order valence-electron chi connectivity index (χ4n) is 4.42. The first kappa shape index (κ1) is 25.4.